The summed E-state index contributed by atoms with van der Waals surface area (Å²) in [5.41, 5.74) is 2.16. The van der Waals surface area contributed by atoms with Crippen molar-refractivity contribution in [1.82, 2.24) is 0 Å². The second-order valence-corrected chi connectivity index (χ2v) is 9.70. The lowest BCUT2D eigenvalue weighted by Crippen LogP contribution is -2.45. The molecule has 0 saturated heterocycles. The van der Waals surface area contributed by atoms with E-state index in [9.17, 15) is 17.6 Å². The maximum Gasteiger partial charge on any atom is 0.264 e. The van der Waals surface area contributed by atoms with Crippen LogP contribution >= 0.6 is 0 Å². The molecule has 33 heavy (non-hydrogen) atoms. The van der Waals surface area contributed by atoms with Crippen molar-refractivity contribution in [3.8, 4) is 5.75 Å². The Hall–Kier alpha value is -3.39. The maximum atomic E-state index is 13.5. The molecule has 1 aliphatic heterocycles. The molecule has 4 rings (SSSR count). The quantitative estimate of drug-likeness (QED) is 0.516. The highest BCUT2D eigenvalue weighted by atomic mass is 32.2. The van der Waals surface area contributed by atoms with Crippen LogP contribution in [0.2, 0.25) is 0 Å². The van der Waals surface area contributed by atoms with Gasteiger partial charge < -0.3 is 9.64 Å². The highest BCUT2D eigenvalue weighted by Gasteiger charge is 2.34. The molecule has 0 saturated carbocycles. The van der Waals surface area contributed by atoms with Gasteiger partial charge in [-0.05, 0) is 80.4 Å². The number of hydrogen-bond acceptors (Lipinski definition) is 4. The first-order chi connectivity index (χ1) is 15.8. The summed E-state index contributed by atoms with van der Waals surface area (Å²) in [5.74, 6) is -0.291. The molecule has 0 aromatic heterocycles. The van der Waals surface area contributed by atoms with Crippen LogP contribution in [0.15, 0.2) is 77.7 Å². The predicted molar refractivity (Wildman–Crippen MR) is 126 cm³/mol. The summed E-state index contributed by atoms with van der Waals surface area (Å²) >= 11 is 0. The summed E-state index contributed by atoms with van der Waals surface area (Å²) in [6.45, 7) is 3.87. The zero-order valence-electron chi connectivity index (χ0n) is 18.4. The van der Waals surface area contributed by atoms with Crippen LogP contribution in [-0.2, 0) is 21.2 Å². The highest BCUT2D eigenvalue weighted by molar-refractivity contribution is 7.92. The number of anilines is 2. The van der Waals surface area contributed by atoms with Gasteiger partial charge in [0, 0.05) is 11.7 Å². The van der Waals surface area contributed by atoms with Gasteiger partial charge in [-0.2, -0.15) is 0 Å². The van der Waals surface area contributed by atoms with Crippen LogP contribution in [0.5, 0.6) is 5.75 Å². The van der Waals surface area contributed by atoms with E-state index in [4.69, 9.17) is 4.74 Å². The average Bonchev–Trinajstić information content (AvgIpc) is 3.14. The van der Waals surface area contributed by atoms with Crippen LogP contribution in [-0.4, -0.2) is 33.5 Å². The second-order valence-electron chi connectivity index (χ2n) is 7.84. The molecular formula is C25H25FN2O4S. The number of ether oxygens (including phenoxy) is 1. The number of halogens is 1. The Morgan fingerprint density at radius 1 is 1.06 bits per heavy atom. The van der Waals surface area contributed by atoms with Crippen molar-refractivity contribution >= 4 is 27.3 Å². The Morgan fingerprint density at radius 2 is 1.73 bits per heavy atom. The minimum atomic E-state index is -4.14. The van der Waals surface area contributed by atoms with Crippen molar-refractivity contribution < 1.29 is 22.3 Å². The molecule has 8 heteroatoms. The topological polar surface area (TPSA) is 66.9 Å². The fourth-order valence-corrected chi connectivity index (χ4v) is 5.48. The van der Waals surface area contributed by atoms with Crippen LogP contribution in [0.1, 0.15) is 19.4 Å². The number of nitrogens with zero attached hydrogens (tertiary/aromatic N) is 2. The van der Waals surface area contributed by atoms with Gasteiger partial charge in [-0.3, -0.25) is 9.10 Å². The lowest BCUT2D eigenvalue weighted by molar-refractivity contribution is -0.117. The van der Waals surface area contributed by atoms with Gasteiger partial charge in [0.25, 0.3) is 10.0 Å². The van der Waals surface area contributed by atoms with Crippen molar-refractivity contribution in [1.29, 1.82) is 0 Å². The van der Waals surface area contributed by atoms with Gasteiger partial charge in [0.2, 0.25) is 5.91 Å². The molecule has 1 atom stereocenters. The number of para-hydroxylation sites is 1. The van der Waals surface area contributed by atoms with Gasteiger partial charge in [-0.25, -0.2) is 12.8 Å². The standard InChI is InChI=1S/C25H25FN2O4S/c1-3-32-22-12-10-21(11-13-22)27(33(30,31)23-14-8-20(26)9-15-23)17-25(29)28-18(2)16-19-6-4-5-7-24(19)28/h4-15,18H,3,16-17H2,1-2H3/t18-/m1/s1. The van der Waals surface area contributed by atoms with Crippen LogP contribution in [0.4, 0.5) is 15.8 Å². The fraction of sp³-hybridized carbons (Fsp3) is 0.240. The van der Waals surface area contributed by atoms with E-state index in [0.29, 0.717) is 24.5 Å². The fourth-order valence-electron chi connectivity index (χ4n) is 4.07. The number of rotatable bonds is 7. The number of hydrogen-bond donors (Lipinski definition) is 0. The van der Waals surface area contributed by atoms with E-state index < -0.39 is 22.4 Å². The van der Waals surface area contributed by atoms with E-state index in [-0.39, 0.29) is 16.8 Å². The Balaban J connectivity index is 1.71. The number of carbonyl (C=O) groups is 1. The third-order valence-electron chi connectivity index (χ3n) is 5.59. The molecule has 3 aromatic carbocycles. The van der Waals surface area contributed by atoms with Crippen molar-refractivity contribution in [3.63, 3.8) is 0 Å². The molecule has 0 unspecified atom stereocenters. The summed E-state index contributed by atoms with van der Waals surface area (Å²) in [5, 5.41) is 0. The molecule has 3 aromatic rings. The minimum Gasteiger partial charge on any atom is -0.494 e. The molecule has 0 fully saturated rings. The summed E-state index contributed by atoms with van der Waals surface area (Å²) in [6, 6.07) is 18.6. The summed E-state index contributed by atoms with van der Waals surface area (Å²) in [7, 11) is -4.14. The first-order valence-corrected chi connectivity index (χ1v) is 12.2. The van der Waals surface area contributed by atoms with Crippen LogP contribution in [0.3, 0.4) is 0 Å². The zero-order valence-corrected chi connectivity index (χ0v) is 19.3. The Morgan fingerprint density at radius 3 is 2.39 bits per heavy atom. The lowest BCUT2D eigenvalue weighted by Gasteiger charge is -2.29. The van der Waals surface area contributed by atoms with Crippen LogP contribution in [0, 0.1) is 5.82 Å². The molecule has 0 spiro atoms. The van der Waals surface area contributed by atoms with Crippen molar-refractivity contribution in [3.05, 3.63) is 84.2 Å². The van der Waals surface area contributed by atoms with Gasteiger partial charge in [-0.15, -0.1) is 0 Å². The first kappa shape index (κ1) is 22.8. The van der Waals surface area contributed by atoms with E-state index in [1.165, 1.54) is 12.1 Å². The number of sulfonamides is 1. The monoisotopic (exact) mass is 468 g/mol. The molecule has 6 nitrogen and oxygen atoms in total. The van der Waals surface area contributed by atoms with E-state index in [0.717, 1.165) is 27.7 Å². The normalized spacial score (nSPS) is 15.2. The molecule has 1 amide bonds. The number of fused-ring (bicyclic) bond motifs is 1. The third-order valence-corrected chi connectivity index (χ3v) is 7.38. The van der Waals surface area contributed by atoms with E-state index in [2.05, 4.69) is 0 Å². The molecule has 1 heterocycles. The highest BCUT2D eigenvalue weighted by Crippen LogP contribution is 2.33. The predicted octanol–water partition coefficient (Wildman–Crippen LogP) is 4.40. The number of carbonyl (C=O) groups excluding carboxylic acids is 1. The molecule has 0 N–H and O–H groups in total. The average molecular weight is 469 g/mol. The van der Waals surface area contributed by atoms with E-state index in [1.54, 1.807) is 29.2 Å². The first-order valence-electron chi connectivity index (χ1n) is 10.7. The van der Waals surface area contributed by atoms with Gasteiger partial charge >= 0.3 is 0 Å². The van der Waals surface area contributed by atoms with E-state index in [1.807, 2.05) is 38.1 Å². The van der Waals surface area contributed by atoms with Crippen LogP contribution in [0.25, 0.3) is 0 Å². The molecule has 0 aliphatic carbocycles. The number of amides is 1. The Kier molecular flexibility index (Phi) is 6.37. The van der Waals surface area contributed by atoms with Crippen molar-refractivity contribution in [2.75, 3.05) is 22.4 Å². The second kappa shape index (κ2) is 9.23. The van der Waals surface area contributed by atoms with Crippen molar-refractivity contribution in [2.45, 2.75) is 31.2 Å². The molecule has 1 aliphatic rings. The summed E-state index contributed by atoms with van der Waals surface area (Å²) < 4.78 is 47.0. The molecule has 0 radical (unpaired) electrons. The van der Waals surface area contributed by atoms with Crippen molar-refractivity contribution in [2.24, 2.45) is 0 Å². The third kappa shape index (κ3) is 4.57. The van der Waals surface area contributed by atoms with Gasteiger partial charge in [-0.1, -0.05) is 18.2 Å². The molecule has 0 bridgehead atoms. The number of benzene rings is 3. The Bertz CT molecular complexity index is 1240. The zero-order chi connectivity index (χ0) is 23.6. The maximum absolute atomic E-state index is 13.5. The SMILES string of the molecule is CCOc1ccc(N(CC(=O)N2c3ccccc3C[C@H]2C)S(=O)(=O)c2ccc(F)cc2)cc1. The summed E-state index contributed by atoms with van der Waals surface area (Å²) in [6.07, 6.45) is 0.704. The lowest BCUT2D eigenvalue weighted by atomic mass is 10.1. The van der Waals surface area contributed by atoms with Gasteiger partial charge in [0.15, 0.2) is 0 Å². The van der Waals surface area contributed by atoms with E-state index >= 15 is 0 Å². The Labute approximate surface area is 193 Å². The largest absolute Gasteiger partial charge is 0.494 e. The molecule has 172 valence electrons. The smallest absolute Gasteiger partial charge is 0.264 e. The summed E-state index contributed by atoms with van der Waals surface area (Å²) in [4.78, 5) is 15.0. The van der Waals surface area contributed by atoms with Gasteiger partial charge in [0.1, 0.15) is 18.1 Å². The minimum absolute atomic E-state index is 0.0920. The molecular weight excluding hydrogens is 443 g/mol. The van der Waals surface area contributed by atoms with Crippen LogP contribution < -0.4 is 13.9 Å². The van der Waals surface area contributed by atoms with Gasteiger partial charge in [0.05, 0.1) is 17.2 Å².